The van der Waals surface area contributed by atoms with Gasteiger partial charge in [-0.15, -0.1) is 0 Å². The predicted octanol–water partition coefficient (Wildman–Crippen LogP) is 1.26. The largest absolute Gasteiger partial charge is 0.378 e. The van der Waals surface area contributed by atoms with Gasteiger partial charge in [0.2, 0.25) is 5.91 Å². The molecule has 0 aliphatic carbocycles. The highest BCUT2D eigenvalue weighted by atomic mass is 79.9. The van der Waals surface area contributed by atoms with Crippen LogP contribution in [0.15, 0.2) is 0 Å². The molecular formula is C9H16BrNO2. The Morgan fingerprint density at radius 2 is 2.38 bits per heavy atom. The summed E-state index contributed by atoms with van der Waals surface area (Å²) in [5, 5.41) is 0.832. The lowest BCUT2D eigenvalue weighted by atomic mass is 10.1. The number of nitrogens with zero attached hydrogens (tertiary/aromatic N) is 1. The van der Waals surface area contributed by atoms with Crippen molar-refractivity contribution in [3.8, 4) is 0 Å². The zero-order chi connectivity index (χ0) is 9.84. The van der Waals surface area contributed by atoms with Gasteiger partial charge in [-0.05, 0) is 13.3 Å². The first kappa shape index (κ1) is 11.0. The van der Waals surface area contributed by atoms with Crippen molar-refractivity contribution in [2.75, 3.05) is 25.5 Å². The Bertz CT molecular complexity index is 186. The van der Waals surface area contributed by atoms with Crippen molar-refractivity contribution in [3.63, 3.8) is 0 Å². The van der Waals surface area contributed by atoms with Gasteiger partial charge in [-0.3, -0.25) is 4.79 Å². The molecule has 13 heavy (non-hydrogen) atoms. The summed E-state index contributed by atoms with van der Waals surface area (Å²) >= 11 is 3.31. The second-order valence-corrected chi connectivity index (χ2v) is 4.32. The molecule has 0 radical (unpaired) electrons. The van der Waals surface area contributed by atoms with Crippen LogP contribution in [0.2, 0.25) is 0 Å². The SMILES string of the molecule is CC1CC(C(=O)N(C)CCBr)CO1. The minimum atomic E-state index is 0.0825. The monoisotopic (exact) mass is 249 g/mol. The topological polar surface area (TPSA) is 29.5 Å². The fourth-order valence-corrected chi connectivity index (χ4v) is 2.07. The van der Waals surface area contributed by atoms with Crippen LogP contribution in [0.25, 0.3) is 0 Å². The number of carbonyl (C=O) groups excluding carboxylic acids is 1. The number of rotatable bonds is 3. The minimum Gasteiger partial charge on any atom is -0.378 e. The van der Waals surface area contributed by atoms with E-state index in [2.05, 4.69) is 15.9 Å². The van der Waals surface area contributed by atoms with E-state index in [9.17, 15) is 4.79 Å². The lowest BCUT2D eigenvalue weighted by Gasteiger charge is -2.18. The lowest BCUT2D eigenvalue weighted by molar-refractivity contribution is -0.133. The Morgan fingerprint density at radius 3 is 2.85 bits per heavy atom. The standard InChI is InChI=1S/C9H16BrNO2/c1-7-5-8(6-13-7)9(12)11(2)4-3-10/h7-8H,3-6H2,1-2H3. The van der Waals surface area contributed by atoms with E-state index in [1.54, 1.807) is 4.90 Å². The summed E-state index contributed by atoms with van der Waals surface area (Å²) < 4.78 is 5.36. The van der Waals surface area contributed by atoms with Crippen LogP contribution in [0.5, 0.6) is 0 Å². The summed E-state index contributed by atoms with van der Waals surface area (Å²) in [6.45, 7) is 3.37. The molecule has 76 valence electrons. The minimum absolute atomic E-state index is 0.0825. The lowest BCUT2D eigenvalue weighted by Crippen LogP contribution is -2.34. The maximum Gasteiger partial charge on any atom is 0.227 e. The molecule has 0 aromatic carbocycles. The van der Waals surface area contributed by atoms with Crippen molar-refractivity contribution >= 4 is 21.8 Å². The van der Waals surface area contributed by atoms with Crippen LogP contribution in [0.1, 0.15) is 13.3 Å². The van der Waals surface area contributed by atoms with Gasteiger partial charge in [-0.25, -0.2) is 0 Å². The van der Waals surface area contributed by atoms with Crippen LogP contribution in [0, 0.1) is 5.92 Å². The molecule has 0 aromatic rings. The molecule has 0 aromatic heterocycles. The Labute approximate surface area is 87.6 Å². The van der Waals surface area contributed by atoms with Crippen LogP contribution < -0.4 is 0 Å². The van der Waals surface area contributed by atoms with Crippen molar-refractivity contribution in [2.45, 2.75) is 19.4 Å². The maximum atomic E-state index is 11.7. The smallest absolute Gasteiger partial charge is 0.227 e. The van der Waals surface area contributed by atoms with E-state index in [1.165, 1.54) is 0 Å². The summed E-state index contributed by atoms with van der Waals surface area (Å²) in [7, 11) is 1.84. The number of amides is 1. The molecule has 0 saturated carbocycles. The van der Waals surface area contributed by atoms with Crippen molar-refractivity contribution in [1.29, 1.82) is 0 Å². The van der Waals surface area contributed by atoms with Gasteiger partial charge in [-0.2, -0.15) is 0 Å². The van der Waals surface area contributed by atoms with Gasteiger partial charge >= 0.3 is 0 Å². The zero-order valence-electron chi connectivity index (χ0n) is 8.12. The first-order valence-electron chi connectivity index (χ1n) is 4.57. The Balaban J connectivity index is 2.38. The second-order valence-electron chi connectivity index (χ2n) is 3.53. The first-order chi connectivity index (χ1) is 6.15. The molecular weight excluding hydrogens is 234 g/mol. The fourth-order valence-electron chi connectivity index (χ4n) is 1.54. The van der Waals surface area contributed by atoms with Crippen molar-refractivity contribution in [2.24, 2.45) is 5.92 Å². The van der Waals surface area contributed by atoms with E-state index in [4.69, 9.17) is 4.74 Å². The van der Waals surface area contributed by atoms with Gasteiger partial charge in [0.25, 0.3) is 0 Å². The predicted molar refractivity (Wildman–Crippen MR) is 55.0 cm³/mol. The molecule has 1 amide bonds. The van der Waals surface area contributed by atoms with Gasteiger partial charge in [0.15, 0.2) is 0 Å². The summed E-state index contributed by atoms with van der Waals surface area (Å²) in [6.07, 6.45) is 1.11. The Hall–Kier alpha value is -0.0900. The Kier molecular flexibility index (Phi) is 4.19. The molecule has 0 spiro atoms. The number of carbonyl (C=O) groups is 1. The molecule has 3 nitrogen and oxygen atoms in total. The second kappa shape index (κ2) is 4.96. The molecule has 2 atom stereocenters. The quantitative estimate of drug-likeness (QED) is 0.706. The molecule has 1 aliphatic rings. The van der Waals surface area contributed by atoms with Crippen LogP contribution in [-0.4, -0.2) is 42.4 Å². The summed E-state index contributed by atoms with van der Waals surface area (Å²) in [5.41, 5.74) is 0. The molecule has 0 bridgehead atoms. The van der Waals surface area contributed by atoms with Gasteiger partial charge in [0.05, 0.1) is 18.6 Å². The third-order valence-electron chi connectivity index (χ3n) is 2.34. The number of hydrogen-bond donors (Lipinski definition) is 0. The highest BCUT2D eigenvalue weighted by Crippen LogP contribution is 2.20. The van der Waals surface area contributed by atoms with E-state index in [0.29, 0.717) is 6.61 Å². The van der Waals surface area contributed by atoms with Crippen molar-refractivity contribution in [3.05, 3.63) is 0 Å². The highest BCUT2D eigenvalue weighted by Gasteiger charge is 2.29. The van der Waals surface area contributed by atoms with Gasteiger partial charge in [0.1, 0.15) is 0 Å². The van der Waals surface area contributed by atoms with Crippen LogP contribution in [0.4, 0.5) is 0 Å². The molecule has 1 heterocycles. The average molecular weight is 250 g/mol. The first-order valence-corrected chi connectivity index (χ1v) is 5.70. The number of halogens is 1. The Morgan fingerprint density at radius 1 is 1.69 bits per heavy atom. The zero-order valence-corrected chi connectivity index (χ0v) is 9.71. The van der Waals surface area contributed by atoms with Gasteiger partial charge in [0, 0.05) is 18.9 Å². The summed E-state index contributed by atoms with van der Waals surface area (Å²) in [5.74, 6) is 0.294. The van der Waals surface area contributed by atoms with Crippen LogP contribution in [-0.2, 0) is 9.53 Å². The van der Waals surface area contributed by atoms with E-state index in [0.717, 1.165) is 18.3 Å². The van der Waals surface area contributed by atoms with Crippen LogP contribution >= 0.6 is 15.9 Å². The third-order valence-corrected chi connectivity index (χ3v) is 2.70. The molecule has 0 N–H and O–H groups in total. The van der Waals surface area contributed by atoms with Gasteiger partial charge in [-0.1, -0.05) is 15.9 Å². The summed E-state index contributed by atoms with van der Waals surface area (Å²) in [6, 6.07) is 0. The average Bonchev–Trinajstić information content (AvgIpc) is 2.51. The van der Waals surface area contributed by atoms with E-state index >= 15 is 0 Å². The normalized spacial score (nSPS) is 27.6. The fraction of sp³-hybridized carbons (Fsp3) is 0.889. The van der Waals surface area contributed by atoms with E-state index in [-0.39, 0.29) is 17.9 Å². The maximum absolute atomic E-state index is 11.7. The van der Waals surface area contributed by atoms with Crippen LogP contribution in [0.3, 0.4) is 0 Å². The van der Waals surface area contributed by atoms with E-state index < -0.39 is 0 Å². The highest BCUT2D eigenvalue weighted by molar-refractivity contribution is 9.09. The van der Waals surface area contributed by atoms with Crippen molar-refractivity contribution < 1.29 is 9.53 Å². The van der Waals surface area contributed by atoms with E-state index in [1.807, 2.05) is 14.0 Å². The third kappa shape index (κ3) is 2.95. The molecule has 1 saturated heterocycles. The number of alkyl halides is 1. The number of ether oxygens (including phenoxy) is 1. The molecule has 1 fully saturated rings. The molecule has 1 aliphatic heterocycles. The summed E-state index contributed by atoms with van der Waals surface area (Å²) in [4.78, 5) is 13.5. The van der Waals surface area contributed by atoms with Crippen molar-refractivity contribution in [1.82, 2.24) is 4.90 Å². The molecule has 2 unspecified atom stereocenters. The molecule has 4 heteroatoms. The number of hydrogen-bond acceptors (Lipinski definition) is 2. The molecule has 1 rings (SSSR count). The van der Waals surface area contributed by atoms with Gasteiger partial charge < -0.3 is 9.64 Å².